The molecule has 4 heterocycles. The lowest BCUT2D eigenvalue weighted by molar-refractivity contribution is -1.27. The number of rotatable bonds is 10. The number of hydrogen-bond donors (Lipinski definition) is 0. The summed E-state index contributed by atoms with van der Waals surface area (Å²) in [5, 5.41) is 2.66. The van der Waals surface area contributed by atoms with Gasteiger partial charge in [-0.1, -0.05) is 122 Å². The van der Waals surface area contributed by atoms with Gasteiger partial charge in [0, 0.05) is 46.9 Å². The Hall–Kier alpha value is -4.58. The van der Waals surface area contributed by atoms with Gasteiger partial charge in [-0.2, -0.15) is 0 Å². The molecule has 0 saturated carbocycles. The highest BCUT2D eigenvalue weighted by molar-refractivity contribution is 5.98. The zero-order chi connectivity index (χ0) is 32.8. The van der Waals surface area contributed by atoms with Crippen molar-refractivity contribution in [3.05, 3.63) is 193 Å². The topological polar surface area (TPSA) is 0 Å². The molecule has 242 valence electrons. The Bertz CT molecular complexity index is 2220. The van der Waals surface area contributed by atoms with Gasteiger partial charge in [-0.15, -0.1) is 0 Å². The minimum atomic E-state index is 0.651. The Labute approximate surface area is 290 Å². The quantitative estimate of drug-likeness (QED) is 0.0700. The van der Waals surface area contributed by atoms with Crippen molar-refractivity contribution in [2.45, 2.75) is 45.8 Å². The zero-order valence-corrected chi connectivity index (χ0v) is 28.4. The highest BCUT2D eigenvalue weighted by Gasteiger charge is 2.77. The van der Waals surface area contributed by atoms with E-state index in [4.69, 9.17) is 0 Å². The van der Waals surface area contributed by atoms with E-state index in [1.807, 2.05) is 6.08 Å². The van der Waals surface area contributed by atoms with Gasteiger partial charge in [0.25, 0.3) is 0 Å². The summed E-state index contributed by atoms with van der Waals surface area (Å²) in [7, 11) is 0. The van der Waals surface area contributed by atoms with Crippen molar-refractivity contribution >= 4 is 22.1 Å². The minimum absolute atomic E-state index is 0.651. The summed E-state index contributed by atoms with van der Waals surface area (Å²) in [4.78, 5) is 0. The summed E-state index contributed by atoms with van der Waals surface area (Å²) in [5.74, 6) is 0.651. The van der Waals surface area contributed by atoms with Crippen LogP contribution in [0.5, 0.6) is 0 Å². The summed E-state index contributed by atoms with van der Waals surface area (Å²) in [5.41, 5.74) is 13.3. The Balaban J connectivity index is 1.03. The van der Waals surface area contributed by atoms with Crippen LogP contribution in [-0.4, -0.2) is 15.7 Å². The predicted octanol–water partition coefficient (Wildman–Crippen LogP) is 10.3. The number of nitrogens with zero attached hydrogens (tertiary/aromatic N) is 4. The lowest BCUT2D eigenvalue weighted by atomic mass is 9.80. The van der Waals surface area contributed by atoms with E-state index < -0.39 is 0 Å². The van der Waals surface area contributed by atoms with Crippen molar-refractivity contribution in [2.24, 2.45) is 5.92 Å². The maximum absolute atomic E-state index is 4.05. The first kappa shape index (κ1) is 29.3. The third-order valence-electron chi connectivity index (χ3n) is 12.3. The molecule has 0 radical (unpaired) electrons. The fourth-order valence-corrected chi connectivity index (χ4v) is 9.93. The van der Waals surface area contributed by atoms with Crippen LogP contribution < -0.4 is 9.18 Å². The maximum atomic E-state index is 4.05. The molecule has 5 atom stereocenters. The fraction of sp³-hybridized carbons (Fsp3) is 0.200. The smallest absolute Gasteiger partial charge is 0.219 e. The number of hydrogen-bond acceptors (Lipinski definition) is 0. The summed E-state index contributed by atoms with van der Waals surface area (Å²) in [6, 6.07) is 34.2. The normalized spacial score (nSPS) is 31.5. The molecule has 4 aliphatic heterocycles. The lowest BCUT2D eigenvalue weighted by Crippen LogP contribution is -2.54. The van der Waals surface area contributed by atoms with E-state index in [0.29, 0.717) is 5.92 Å². The molecular weight excluding hydrogens is 597 g/mol. The first-order valence-corrected chi connectivity index (χ1v) is 18.0. The average molecular weight is 641 g/mol. The molecule has 6 aliphatic rings. The van der Waals surface area contributed by atoms with Gasteiger partial charge < -0.3 is 0 Å². The van der Waals surface area contributed by atoms with Crippen molar-refractivity contribution in [1.29, 1.82) is 0 Å². The van der Waals surface area contributed by atoms with Crippen LogP contribution in [0.15, 0.2) is 163 Å². The van der Waals surface area contributed by atoms with Gasteiger partial charge in [-0.25, -0.2) is 18.4 Å². The van der Waals surface area contributed by atoms with E-state index in [1.165, 1.54) is 74.9 Å². The van der Waals surface area contributed by atoms with E-state index in [0.717, 1.165) is 44.5 Å². The molecule has 0 bridgehead atoms. The average Bonchev–Trinajstić information content (AvgIpc) is 3.92. The van der Waals surface area contributed by atoms with Crippen LogP contribution in [-0.2, 0) is 19.6 Å². The largest absolute Gasteiger partial charge is 0.220 e. The van der Waals surface area contributed by atoms with Crippen molar-refractivity contribution in [1.82, 2.24) is 9.18 Å². The first-order chi connectivity index (χ1) is 24.0. The van der Waals surface area contributed by atoms with Crippen LogP contribution >= 0.6 is 0 Å². The van der Waals surface area contributed by atoms with Gasteiger partial charge in [0.15, 0.2) is 19.0 Å². The van der Waals surface area contributed by atoms with E-state index in [1.54, 1.807) is 5.70 Å². The summed E-state index contributed by atoms with van der Waals surface area (Å²) in [6.07, 6.45) is 19.5. The second-order valence-corrected chi connectivity index (χ2v) is 14.9. The van der Waals surface area contributed by atoms with Crippen LogP contribution in [0.25, 0.3) is 10.8 Å². The molecule has 2 saturated heterocycles. The Morgan fingerprint density at radius 1 is 0.796 bits per heavy atom. The van der Waals surface area contributed by atoms with Crippen molar-refractivity contribution in [3.63, 3.8) is 0 Å². The van der Waals surface area contributed by atoms with Gasteiger partial charge in [-0.3, -0.25) is 0 Å². The molecule has 4 aromatic rings. The van der Waals surface area contributed by atoms with Crippen LogP contribution in [0.1, 0.15) is 42.9 Å². The zero-order valence-electron chi connectivity index (χ0n) is 28.4. The van der Waals surface area contributed by atoms with Crippen LogP contribution in [0.3, 0.4) is 0 Å². The van der Waals surface area contributed by atoms with Crippen LogP contribution in [0, 0.1) is 19.3 Å². The van der Waals surface area contributed by atoms with Crippen LogP contribution in [0.4, 0.5) is 11.4 Å². The van der Waals surface area contributed by atoms with Crippen molar-refractivity contribution < 1.29 is 9.18 Å². The van der Waals surface area contributed by atoms with Gasteiger partial charge in [0.1, 0.15) is 26.2 Å². The van der Waals surface area contributed by atoms with E-state index in [2.05, 4.69) is 154 Å². The molecule has 2 aliphatic carbocycles. The molecule has 2 fully saturated rings. The molecular formula is C45H44N4+2. The fourth-order valence-electron chi connectivity index (χ4n) is 9.93. The predicted molar refractivity (Wildman–Crippen MR) is 200 cm³/mol. The number of quaternary nitrogens is 4. The second-order valence-electron chi connectivity index (χ2n) is 14.9. The van der Waals surface area contributed by atoms with E-state index in [9.17, 15) is 0 Å². The monoisotopic (exact) mass is 640 g/mol. The molecule has 4 nitrogen and oxygen atoms in total. The third-order valence-corrected chi connectivity index (χ3v) is 12.3. The van der Waals surface area contributed by atoms with E-state index in [-0.39, 0.29) is 0 Å². The molecule has 4 aromatic carbocycles. The summed E-state index contributed by atoms with van der Waals surface area (Å²) >= 11 is 0. The second kappa shape index (κ2) is 10.5. The SMILES string of the molecule is C=C/C=C(\C=C/C)C[N+]12[CH-][N+]1(Cc1ccccc1C[N+]13[CH-][N+]1(Cc1ccccc1)c1cc4ccccc4cc13)C1=C2C=C2C=CCCC2C1. The molecule has 49 heavy (non-hydrogen) atoms. The Morgan fingerprint density at radius 3 is 2.16 bits per heavy atom. The summed E-state index contributed by atoms with van der Waals surface area (Å²) < 4.78 is 3.64. The molecule has 5 unspecified atom stereocenters. The maximum Gasteiger partial charge on any atom is 0.220 e. The van der Waals surface area contributed by atoms with Gasteiger partial charge in [-0.05, 0) is 42.0 Å². The summed E-state index contributed by atoms with van der Waals surface area (Å²) in [6.45, 7) is 15.3. The Kier molecular flexibility index (Phi) is 6.27. The Morgan fingerprint density at radius 2 is 1.45 bits per heavy atom. The standard InChI is InChI=1S/C45H44N4/c1-3-14-34(15-4-2)28-46-32-48(46,44-26-38-20-10-8-18-36(38)24-42(44)46)30-40-22-12-13-23-41(40)31-49-33-47(49,29-35-16-6-5-7-17-35)43-25-37-19-9-11-21-39(37)27-45(43)49/h3-9,11-19,21-25,27,32-33,38H,1,10,20,26,28-31H2,2H3/q+2/b15-4-,34-14+. The van der Waals surface area contributed by atoms with Crippen molar-refractivity contribution in [2.75, 3.05) is 6.54 Å². The molecule has 0 N–H and O–H groups in total. The first-order valence-electron chi connectivity index (χ1n) is 18.0. The number of benzene rings is 4. The molecule has 0 aromatic heterocycles. The highest BCUT2D eigenvalue weighted by atomic mass is 16.1. The molecule has 4 heteroatoms. The third kappa shape index (κ3) is 4.00. The lowest BCUT2D eigenvalue weighted by Gasteiger charge is -2.46. The molecule has 10 rings (SSSR count). The number of allylic oxidation sites excluding steroid dienone is 8. The van der Waals surface area contributed by atoms with Gasteiger partial charge in [0.05, 0.1) is 0 Å². The molecule has 0 spiro atoms. The van der Waals surface area contributed by atoms with Gasteiger partial charge >= 0.3 is 0 Å². The van der Waals surface area contributed by atoms with E-state index >= 15 is 0 Å². The van der Waals surface area contributed by atoms with Gasteiger partial charge in [0.2, 0.25) is 17.1 Å². The minimum Gasteiger partial charge on any atom is -0.219 e. The van der Waals surface area contributed by atoms with Crippen LogP contribution in [0.2, 0.25) is 0 Å². The molecule has 0 amide bonds. The van der Waals surface area contributed by atoms with Crippen molar-refractivity contribution in [3.8, 4) is 0 Å². The highest BCUT2D eigenvalue weighted by Crippen LogP contribution is 2.71. The number of fused-ring (bicyclic) bond motifs is 9.